The van der Waals surface area contributed by atoms with Gasteiger partial charge >= 0.3 is 5.69 Å². The van der Waals surface area contributed by atoms with E-state index in [0.717, 1.165) is 18.5 Å². The fourth-order valence-electron chi connectivity index (χ4n) is 2.60. The van der Waals surface area contributed by atoms with Crippen LogP contribution in [0.2, 0.25) is 0 Å². The monoisotopic (exact) mass is 294 g/mol. The Morgan fingerprint density at radius 1 is 1.43 bits per heavy atom. The molecule has 1 aromatic rings. The smallest absolute Gasteiger partial charge is 0.310 e. The molecule has 3 atom stereocenters. The highest BCUT2D eigenvalue weighted by Gasteiger charge is 2.43. The van der Waals surface area contributed by atoms with Crippen molar-refractivity contribution in [2.45, 2.75) is 45.4 Å². The Kier molecular flexibility index (Phi) is 5.14. The highest BCUT2D eigenvalue weighted by Crippen LogP contribution is 2.34. The van der Waals surface area contributed by atoms with Gasteiger partial charge in [-0.3, -0.25) is 10.1 Å². The zero-order valence-corrected chi connectivity index (χ0v) is 12.7. The van der Waals surface area contributed by atoms with E-state index in [0.29, 0.717) is 12.4 Å². The molecule has 6 heteroatoms. The van der Waals surface area contributed by atoms with E-state index in [9.17, 15) is 10.1 Å². The van der Waals surface area contributed by atoms with Crippen molar-refractivity contribution in [3.05, 3.63) is 33.9 Å². The zero-order chi connectivity index (χ0) is 15.4. The zero-order valence-electron chi connectivity index (χ0n) is 12.7. The van der Waals surface area contributed by atoms with Gasteiger partial charge in [0.15, 0.2) is 5.75 Å². The molecule has 116 valence electrons. The van der Waals surface area contributed by atoms with Crippen LogP contribution in [0.25, 0.3) is 0 Å². The van der Waals surface area contributed by atoms with Gasteiger partial charge in [-0.1, -0.05) is 13.0 Å². The van der Waals surface area contributed by atoms with Crippen molar-refractivity contribution in [3.8, 4) is 5.75 Å². The first-order valence-corrected chi connectivity index (χ1v) is 7.33. The molecule has 0 spiro atoms. The summed E-state index contributed by atoms with van der Waals surface area (Å²) in [5, 5.41) is 14.4. The Balaban J connectivity index is 2.11. The first-order chi connectivity index (χ1) is 10.1. The van der Waals surface area contributed by atoms with Crippen molar-refractivity contribution in [1.82, 2.24) is 5.32 Å². The molecular formula is C15H22N2O4. The third-order valence-corrected chi connectivity index (χ3v) is 3.67. The number of likely N-dealkylation sites (N-methyl/N-ethyl adjacent to an activating group) is 1. The van der Waals surface area contributed by atoms with Crippen LogP contribution in [0.1, 0.15) is 25.8 Å². The van der Waals surface area contributed by atoms with Gasteiger partial charge in [0, 0.05) is 25.1 Å². The van der Waals surface area contributed by atoms with E-state index in [-0.39, 0.29) is 23.9 Å². The highest BCUT2D eigenvalue weighted by molar-refractivity contribution is 5.48. The van der Waals surface area contributed by atoms with E-state index in [1.807, 2.05) is 20.8 Å². The summed E-state index contributed by atoms with van der Waals surface area (Å²) < 4.78 is 11.6. The molecule has 1 aromatic carbocycles. The van der Waals surface area contributed by atoms with Crippen LogP contribution in [-0.2, 0) is 4.74 Å². The number of nitro groups is 1. The summed E-state index contributed by atoms with van der Waals surface area (Å²) in [6, 6.07) is 5.17. The van der Waals surface area contributed by atoms with Crippen molar-refractivity contribution in [2.75, 3.05) is 13.2 Å². The van der Waals surface area contributed by atoms with Crippen molar-refractivity contribution in [1.29, 1.82) is 0 Å². The molecule has 1 aliphatic rings. The third-order valence-electron chi connectivity index (χ3n) is 3.67. The molecule has 0 heterocycles. The Morgan fingerprint density at radius 2 is 2.19 bits per heavy atom. The van der Waals surface area contributed by atoms with Crippen molar-refractivity contribution >= 4 is 5.69 Å². The maximum atomic E-state index is 11.1. The topological polar surface area (TPSA) is 73.6 Å². The van der Waals surface area contributed by atoms with Crippen molar-refractivity contribution in [2.24, 2.45) is 0 Å². The summed E-state index contributed by atoms with van der Waals surface area (Å²) in [5.74, 6) is 0.324. The van der Waals surface area contributed by atoms with E-state index >= 15 is 0 Å². The normalized spacial score (nSPS) is 24.4. The summed E-state index contributed by atoms with van der Waals surface area (Å²) >= 11 is 0. The van der Waals surface area contributed by atoms with E-state index in [2.05, 4.69) is 5.32 Å². The van der Waals surface area contributed by atoms with E-state index in [4.69, 9.17) is 9.47 Å². The van der Waals surface area contributed by atoms with Crippen LogP contribution in [0.5, 0.6) is 5.75 Å². The van der Waals surface area contributed by atoms with Crippen molar-refractivity contribution in [3.63, 3.8) is 0 Å². The molecule has 0 radical (unpaired) electrons. The average Bonchev–Trinajstić information content (AvgIpc) is 2.43. The summed E-state index contributed by atoms with van der Waals surface area (Å²) in [5.41, 5.74) is 0.939. The maximum absolute atomic E-state index is 11.1. The minimum atomic E-state index is -0.412. The Bertz CT molecular complexity index is 506. The number of aryl methyl sites for hydroxylation is 1. The molecule has 0 saturated heterocycles. The lowest BCUT2D eigenvalue weighted by Crippen LogP contribution is -2.61. The van der Waals surface area contributed by atoms with Gasteiger partial charge in [-0.2, -0.15) is 0 Å². The Morgan fingerprint density at radius 3 is 2.81 bits per heavy atom. The van der Waals surface area contributed by atoms with Crippen LogP contribution >= 0.6 is 0 Å². The third kappa shape index (κ3) is 3.51. The van der Waals surface area contributed by atoms with E-state index < -0.39 is 4.92 Å². The number of nitrogens with zero attached hydrogens (tertiary/aromatic N) is 1. The number of ether oxygens (including phenoxy) is 2. The molecule has 3 unspecified atom stereocenters. The second kappa shape index (κ2) is 6.87. The van der Waals surface area contributed by atoms with Crippen LogP contribution in [0.3, 0.4) is 0 Å². The fourth-order valence-corrected chi connectivity index (χ4v) is 2.60. The average molecular weight is 294 g/mol. The summed E-state index contributed by atoms with van der Waals surface area (Å²) in [7, 11) is 0. The molecule has 0 amide bonds. The molecule has 1 N–H and O–H groups in total. The van der Waals surface area contributed by atoms with Gasteiger partial charge < -0.3 is 14.8 Å². The van der Waals surface area contributed by atoms with Crippen LogP contribution in [-0.4, -0.2) is 36.3 Å². The largest absolute Gasteiger partial charge is 0.481 e. The molecule has 2 rings (SSSR count). The number of nitro benzene ring substituents is 1. The van der Waals surface area contributed by atoms with Gasteiger partial charge in [0.1, 0.15) is 12.2 Å². The second-order valence-corrected chi connectivity index (χ2v) is 5.20. The quantitative estimate of drug-likeness (QED) is 0.617. The van der Waals surface area contributed by atoms with Crippen LogP contribution < -0.4 is 10.1 Å². The standard InChI is InChI=1S/C15H22N2O4/c1-4-16-11-9-14(15(11)20-5-2)21-13-8-10(3)6-7-12(13)17(18)19/h6-8,11,14-16H,4-5,9H2,1-3H3. The molecule has 21 heavy (non-hydrogen) atoms. The molecule has 6 nitrogen and oxygen atoms in total. The molecule has 0 aliphatic heterocycles. The summed E-state index contributed by atoms with van der Waals surface area (Å²) in [6.07, 6.45) is 0.591. The molecule has 1 fully saturated rings. The summed E-state index contributed by atoms with van der Waals surface area (Å²) in [6.45, 7) is 7.34. The summed E-state index contributed by atoms with van der Waals surface area (Å²) in [4.78, 5) is 10.7. The lowest BCUT2D eigenvalue weighted by atomic mass is 9.85. The van der Waals surface area contributed by atoms with Crippen LogP contribution in [0, 0.1) is 17.0 Å². The van der Waals surface area contributed by atoms with Gasteiger partial charge in [0.05, 0.1) is 4.92 Å². The first kappa shape index (κ1) is 15.7. The molecule has 0 bridgehead atoms. The van der Waals surface area contributed by atoms with Gasteiger partial charge in [0.2, 0.25) is 0 Å². The second-order valence-electron chi connectivity index (χ2n) is 5.20. The Labute approximate surface area is 124 Å². The predicted octanol–water partition coefficient (Wildman–Crippen LogP) is 2.44. The maximum Gasteiger partial charge on any atom is 0.310 e. The van der Waals surface area contributed by atoms with E-state index in [1.165, 1.54) is 6.07 Å². The van der Waals surface area contributed by atoms with E-state index in [1.54, 1.807) is 12.1 Å². The SMILES string of the molecule is CCNC1CC(Oc2cc(C)ccc2[N+](=O)[O-])C1OCC. The lowest BCUT2D eigenvalue weighted by Gasteiger charge is -2.43. The Hall–Kier alpha value is -1.66. The minimum Gasteiger partial charge on any atom is -0.481 e. The highest BCUT2D eigenvalue weighted by atomic mass is 16.6. The number of hydrogen-bond acceptors (Lipinski definition) is 5. The van der Waals surface area contributed by atoms with Crippen molar-refractivity contribution < 1.29 is 14.4 Å². The van der Waals surface area contributed by atoms with Gasteiger partial charge in [0.25, 0.3) is 0 Å². The van der Waals surface area contributed by atoms with Gasteiger partial charge in [-0.05, 0) is 32.0 Å². The van der Waals surface area contributed by atoms with Gasteiger partial charge in [-0.15, -0.1) is 0 Å². The number of hydrogen-bond donors (Lipinski definition) is 1. The van der Waals surface area contributed by atoms with Gasteiger partial charge in [-0.25, -0.2) is 0 Å². The number of benzene rings is 1. The fraction of sp³-hybridized carbons (Fsp3) is 0.600. The molecule has 0 aromatic heterocycles. The number of nitrogens with one attached hydrogen (secondary N) is 1. The molecular weight excluding hydrogens is 272 g/mol. The lowest BCUT2D eigenvalue weighted by molar-refractivity contribution is -0.386. The first-order valence-electron chi connectivity index (χ1n) is 7.33. The minimum absolute atomic E-state index is 0.00255. The predicted molar refractivity (Wildman–Crippen MR) is 79.7 cm³/mol. The van der Waals surface area contributed by atoms with Crippen LogP contribution in [0.15, 0.2) is 18.2 Å². The number of rotatable bonds is 7. The van der Waals surface area contributed by atoms with Crippen LogP contribution in [0.4, 0.5) is 5.69 Å². The molecule has 1 saturated carbocycles. The molecule has 1 aliphatic carbocycles.